The van der Waals surface area contributed by atoms with E-state index in [1.807, 2.05) is 6.07 Å². The molecule has 1 rings (SSSR count). The molecule has 0 heterocycles. The molecule has 0 saturated heterocycles. The minimum atomic E-state index is 0. The Morgan fingerprint density at radius 2 is 1.50 bits per heavy atom. The highest BCUT2D eigenvalue weighted by Crippen LogP contribution is 1.76. The van der Waals surface area contributed by atoms with Crippen molar-refractivity contribution in [2.24, 2.45) is 0 Å². The molecule has 2 nitrogen and oxygen atoms in total. The van der Waals surface area contributed by atoms with Crippen molar-refractivity contribution in [2.75, 3.05) is 0 Å². The standard InChI is InChI=1S/C6H8Si.BH2O2/c7-6-4-2-1-3-5-6;2-1-3/h1-5H,7H3;2-3H. The monoisotopic (exact) mass is 153 g/mol. The van der Waals surface area contributed by atoms with Crippen molar-refractivity contribution in [3.63, 3.8) is 0 Å². The first-order valence-corrected chi connectivity index (χ1v) is 3.93. The molecule has 10 heavy (non-hydrogen) atoms. The third-order valence-electron chi connectivity index (χ3n) is 0.940. The van der Waals surface area contributed by atoms with Crippen LogP contribution in [0.1, 0.15) is 0 Å². The predicted octanol–water partition coefficient (Wildman–Crippen LogP) is -1.82. The number of rotatable bonds is 0. The van der Waals surface area contributed by atoms with Crippen LogP contribution in [0.2, 0.25) is 0 Å². The van der Waals surface area contributed by atoms with Gasteiger partial charge in [0.1, 0.15) is 0 Å². The Morgan fingerprint density at radius 3 is 1.70 bits per heavy atom. The topological polar surface area (TPSA) is 40.5 Å². The van der Waals surface area contributed by atoms with E-state index in [4.69, 9.17) is 10.0 Å². The smallest absolute Gasteiger partial charge is 0.429 e. The molecule has 1 aromatic carbocycles. The van der Waals surface area contributed by atoms with Crippen LogP contribution in [0.4, 0.5) is 0 Å². The Morgan fingerprint density at radius 1 is 1.10 bits per heavy atom. The fourth-order valence-corrected chi connectivity index (χ4v) is 0.919. The normalized spacial score (nSPS) is 7.80. The fourth-order valence-electron chi connectivity index (χ4n) is 0.534. The minimum absolute atomic E-state index is 0. The van der Waals surface area contributed by atoms with Crippen molar-refractivity contribution >= 4 is 23.1 Å². The molecular weight excluding hydrogens is 143 g/mol. The van der Waals surface area contributed by atoms with Crippen molar-refractivity contribution in [1.82, 2.24) is 0 Å². The van der Waals surface area contributed by atoms with Crippen molar-refractivity contribution in [2.45, 2.75) is 0 Å². The average Bonchev–Trinajstić information content (AvgIpc) is 1.91. The van der Waals surface area contributed by atoms with E-state index in [9.17, 15) is 0 Å². The first-order chi connectivity index (χ1) is 4.81. The van der Waals surface area contributed by atoms with Crippen LogP contribution >= 0.6 is 0 Å². The molecule has 1 aromatic rings. The van der Waals surface area contributed by atoms with Gasteiger partial charge in [-0.15, -0.1) is 0 Å². The highest BCUT2D eigenvalue weighted by atomic mass is 28.1. The molecular formula is C6H10BO2Si. The summed E-state index contributed by atoms with van der Waals surface area (Å²) in [6.45, 7) is 0. The van der Waals surface area contributed by atoms with E-state index < -0.39 is 0 Å². The molecule has 53 valence electrons. The lowest BCUT2D eigenvalue weighted by Gasteiger charge is -1.82. The van der Waals surface area contributed by atoms with Crippen LogP contribution in [0.3, 0.4) is 0 Å². The lowest BCUT2D eigenvalue weighted by molar-refractivity contribution is 0.448. The van der Waals surface area contributed by atoms with Crippen molar-refractivity contribution in [3.05, 3.63) is 30.3 Å². The maximum absolute atomic E-state index is 7.00. The third-order valence-corrected chi connectivity index (χ3v) is 1.61. The Labute approximate surface area is 64.3 Å². The first kappa shape index (κ1) is 9.42. The number of hydrogen-bond acceptors (Lipinski definition) is 2. The zero-order chi connectivity index (χ0) is 7.82. The molecule has 2 N–H and O–H groups in total. The second kappa shape index (κ2) is 6.54. The molecule has 0 unspecified atom stereocenters. The summed E-state index contributed by atoms with van der Waals surface area (Å²) in [4.78, 5) is 0. The van der Waals surface area contributed by atoms with Gasteiger partial charge in [0.2, 0.25) is 0 Å². The van der Waals surface area contributed by atoms with Gasteiger partial charge in [0, 0.05) is 10.2 Å². The summed E-state index contributed by atoms with van der Waals surface area (Å²) in [5, 5.41) is 15.5. The predicted molar refractivity (Wildman–Crippen MR) is 46.2 cm³/mol. The van der Waals surface area contributed by atoms with Gasteiger partial charge in [0.25, 0.3) is 0 Å². The second-order valence-electron chi connectivity index (χ2n) is 1.77. The quantitative estimate of drug-likeness (QED) is 0.431. The van der Waals surface area contributed by atoms with Crippen LogP contribution in [-0.2, 0) is 0 Å². The highest BCUT2D eigenvalue weighted by molar-refractivity contribution is 6.32. The zero-order valence-corrected chi connectivity index (χ0v) is 7.86. The maximum atomic E-state index is 7.00. The third kappa shape index (κ3) is 5.56. The largest absolute Gasteiger partial charge is 0.482 e. The van der Waals surface area contributed by atoms with Crippen molar-refractivity contribution in [3.8, 4) is 0 Å². The summed E-state index contributed by atoms with van der Waals surface area (Å²) in [6.07, 6.45) is 0. The molecule has 0 spiro atoms. The Bertz CT molecular complexity index is 157. The molecule has 0 aliphatic heterocycles. The maximum Gasteiger partial charge on any atom is 0.482 e. The van der Waals surface area contributed by atoms with Gasteiger partial charge in [-0.25, -0.2) is 0 Å². The van der Waals surface area contributed by atoms with Crippen molar-refractivity contribution < 1.29 is 10.0 Å². The van der Waals surface area contributed by atoms with E-state index in [1.165, 1.54) is 15.4 Å². The molecule has 0 aromatic heterocycles. The Hall–Kier alpha value is -0.578. The molecule has 1 radical (unpaired) electrons. The van der Waals surface area contributed by atoms with Crippen LogP contribution in [-0.4, -0.2) is 28.0 Å². The molecule has 0 saturated carbocycles. The highest BCUT2D eigenvalue weighted by Gasteiger charge is 1.72. The summed E-state index contributed by atoms with van der Waals surface area (Å²) < 4.78 is 0. The van der Waals surface area contributed by atoms with Crippen LogP contribution in [0.15, 0.2) is 30.3 Å². The van der Waals surface area contributed by atoms with Gasteiger partial charge < -0.3 is 10.0 Å². The summed E-state index contributed by atoms with van der Waals surface area (Å²) in [7, 11) is 1.17. The summed E-state index contributed by atoms with van der Waals surface area (Å²) in [6, 6.07) is 10.5. The minimum Gasteiger partial charge on any atom is -0.429 e. The Kier molecular flexibility index (Phi) is 6.16. The molecule has 0 fully saturated rings. The Balaban J connectivity index is 0.000000236. The lowest BCUT2D eigenvalue weighted by atomic mass is 10.4. The van der Waals surface area contributed by atoms with Crippen LogP contribution < -0.4 is 5.19 Å². The lowest BCUT2D eigenvalue weighted by Crippen LogP contribution is -1.97. The van der Waals surface area contributed by atoms with Gasteiger partial charge >= 0.3 is 7.69 Å². The molecule has 0 amide bonds. The molecule has 0 bridgehead atoms. The summed E-state index contributed by atoms with van der Waals surface area (Å²) >= 11 is 0. The van der Waals surface area contributed by atoms with Gasteiger partial charge in [-0.05, 0) is 0 Å². The van der Waals surface area contributed by atoms with E-state index in [0.717, 1.165) is 0 Å². The van der Waals surface area contributed by atoms with E-state index in [2.05, 4.69) is 24.3 Å². The second-order valence-corrected chi connectivity index (χ2v) is 2.92. The van der Waals surface area contributed by atoms with E-state index in [1.54, 1.807) is 0 Å². The van der Waals surface area contributed by atoms with E-state index in [-0.39, 0.29) is 7.69 Å². The number of benzene rings is 1. The van der Waals surface area contributed by atoms with Crippen LogP contribution in [0.25, 0.3) is 0 Å². The molecule has 0 atom stereocenters. The van der Waals surface area contributed by atoms with Crippen LogP contribution in [0, 0.1) is 0 Å². The number of hydrogen-bond donors (Lipinski definition) is 2. The molecule has 4 heteroatoms. The van der Waals surface area contributed by atoms with Gasteiger partial charge in [-0.3, -0.25) is 0 Å². The van der Waals surface area contributed by atoms with Crippen molar-refractivity contribution in [1.29, 1.82) is 0 Å². The molecule has 0 aliphatic carbocycles. The SMILES string of the molecule is O[B]O.[SiH3]c1ccccc1. The van der Waals surface area contributed by atoms with E-state index >= 15 is 0 Å². The fraction of sp³-hybridized carbons (Fsp3) is 0. The van der Waals surface area contributed by atoms with Gasteiger partial charge in [0.15, 0.2) is 0 Å². The summed E-state index contributed by atoms with van der Waals surface area (Å²) in [5.41, 5.74) is 0. The van der Waals surface area contributed by atoms with Gasteiger partial charge in [-0.1, -0.05) is 35.5 Å². The van der Waals surface area contributed by atoms with E-state index in [0.29, 0.717) is 0 Å². The summed E-state index contributed by atoms with van der Waals surface area (Å²) in [5.74, 6) is 0. The zero-order valence-electron chi connectivity index (χ0n) is 5.86. The van der Waals surface area contributed by atoms with Gasteiger partial charge in [0.05, 0.1) is 0 Å². The van der Waals surface area contributed by atoms with Crippen LogP contribution in [0.5, 0.6) is 0 Å². The average molecular weight is 153 g/mol. The van der Waals surface area contributed by atoms with Gasteiger partial charge in [-0.2, -0.15) is 0 Å². The first-order valence-electron chi connectivity index (χ1n) is 2.93. The molecule has 0 aliphatic rings.